The average molecular weight is 420 g/mol. The molecule has 0 aliphatic rings. The third-order valence-corrected chi connectivity index (χ3v) is 5.04. The van der Waals surface area contributed by atoms with Gasteiger partial charge in [0.15, 0.2) is 12.4 Å². The number of aromatic nitrogens is 1. The molecule has 0 saturated carbocycles. The van der Waals surface area contributed by atoms with Gasteiger partial charge in [0.2, 0.25) is 5.91 Å². The molecule has 0 radical (unpaired) electrons. The molecule has 1 atom stereocenters. The molecule has 2 N–H and O–H groups in total. The molecule has 1 aromatic carbocycles. The lowest BCUT2D eigenvalue weighted by Gasteiger charge is -2.11. The summed E-state index contributed by atoms with van der Waals surface area (Å²) in [6.07, 6.45) is 0. The molecular weight excluding hydrogens is 394 g/mol. The first-order valence-corrected chi connectivity index (χ1v) is 10.2. The molecule has 1 aromatic heterocycles. The summed E-state index contributed by atoms with van der Waals surface area (Å²) in [5.41, 5.74) is 1.81. The Morgan fingerprint density at radius 3 is 2.41 bits per heavy atom. The van der Waals surface area contributed by atoms with E-state index in [9.17, 15) is 14.4 Å². The van der Waals surface area contributed by atoms with Crippen LogP contribution in [0.2, 0.25) is 0 Å². The van der Waals surface area contributed by atoms with E-state index in [1.165, 1.54) is 5.56 Å². The molecule has 1 heterocycles. The van der Waals surface area contributed by atoms with Crippen molar-refractivity contribution in [2.24, 2.45) is 0 Å². The van der Waals surface area contributed by atoms with Crippen molar-refractivity contribution in [3.8, 4) is 0 Å². The third kappa shape index (κ3) is 7.61. The quantitative estimate of drug-likeness (QED) is 0.600. The summed E-state index contributed by atoms with van der Waals surface area (Å²) >= 11 is 1.10. The van der Waals surface area contributed by atoms with Crippen LogP contribution < -0.4 is 10.6 Å². The Labute approximate surface area is 173 Å². The standard InChI is InChI=1S/C20H25N3O5S/c1-12(2)15-5-7-16(8-6-15)21-18(24)10-27-19(25)11-29-14(4)20(26)22-17-9-13(3)28-23-17/h5-9,12,14H,10-11H2,1-4H3,(H,21,24)(H,22,23,26)/t14-/m1/s1. The molecule has 0 fully saturated rings. The number of carbonyl (C=O) groups excluding carboxylic acids is 3. The number of hydrogen-bond donors (Lipinski definition) is 2. The van der Waals surface area contributed by atoms with Crippen LogP contribution in [0, 0.1) is 6.92 Å². The molecule has 0 unspecified atom stereocenters. The monoisotopic (exact) mass is 419 g/mol. The van der Waals surface area contributed by atoms with Crippen LogP contribution >= 0.6 is 11.8 Å². The molecule has 0 saturated heterocycles. The summed E-state index contributed by atoms with van der Waals surface area (Å²) in [6, 6.07) is 9.09. The van der Waals surface area contributed by atoms with Crippen molar-refractivity contribution in [1.29, 1.82) is 0 Å². The highest BCUT2D eigenvalue weighted by Gasteiger charge is 2.18. The number of aryl methyl sites for hydroxylation is 1. The van der Waals surface area contributed by atoms with Gasteiger partial charge in [-0.2, -0.15) is 0 Å². The van der Waals surface area contributed by atoms with Crippen molar-refractivity contribution in [2.45, 2.75) is 38.9 Å². The topological polar surface area (TPSA) is 111 Å². The molecule has 0 aliphatic heterocycles. The van der Waals surface area contributed by atoms with Crippen LogP contribution in [0.4, 0.5) is 11.5 Å². The van der Waals surface area contributed by atoms with Crippen molar-refractivity contribution in [3.63, 3.8) is 0 Å². The normalized spacial score (nSPS) is 11.8. The lowest BCUT2D eigenvalue weighted by Crippen LogP contribution is -2.25. The number of hydrogen-bond acceptors (Lipinski definition) is 7. The molecule has 2 aromatic rings. The van der Waals surface area contributed by atoms with E-state index in [0.29, 0.717) is 23.2 Å². The smallest absolute Gasteiger partial charge is 0.316 e. The number of esters is 1. The largest absolute Gasteiger partial charge is 0.455 e. The minimum Gasteiger partial charge on any atom is -0.455 e. The molecule has 0 spiro atoms. The molecule has 156 valence electrons. The van der Waals surface area contributed by atoms with E-state index in [-0.39, 0.29) is 18.3 Å². The highest BCUT2D eigenvalue weighted by Crippen LogP contribution is 2.17. The zero-order valence-corrected chi connectivity index (χ0v) is 17.7. The van der Waals surface area contributed by atoms with E-state index in [2.05, 4.69) is 29.6 Å². The third-order valence-electron chi connectivity index (χ3n) is 3.93. The van der Waals surface area contributed by atoms with Gasteiger partial charge in [0.25, 0.3) is 5.91 Å². The zero-order chi connectivity index (χ0) is 21.4. The number of rotatable bonds is 9. The lowest BCUT2D eigenvalue weighted by atomic mass is 10.0. The first-order chi connectivity index (χ1) is 13.7. The second-order valence-electron chi connectivity index (χ2n) is 6.75. The van der Waals surface area contributed by atoms with Gasteiger partial charge in [0, 0.05) is 11.8 Å². The SMILES string of the molecule is Cc1cc(NC(=O)[C@@H](C)SCC(=O)OCC(=O)Nc2ccc(C(C)C)cc2)no1. The van der Waals surface area contributed by atoms with Gasteiger partial charge in [-0.3, -0.25) is 14.4 Å². The number of nitrogens with one attached hydrogen (secondary N) is 2. The summed E-state index contributed by atoms with van der Waals surface area (Å²) in [7, 11) is 0. The highest BCUT2D eigenvalue weighted by atomic mass is 32.2. The number of carbonyl (C=O) groups is 3. The van der Waals surface area contributed by atoms with E-state index in [4.69, 9.17) is 9.26 Å². The fraction of sp³-hybridized carbons (Fsp3) is 0.400. The summed E-state index contributed by atoms with van der Waals surface area (Å²) in [5, 5.41) is 8.44. The first-order valence-electron chi connectivity index (χ1n) is 9.16. The molecule has 2 amide bonds. The lowest BCUT2D eigenvalue weighted by molar-refractivity contribution is -0.144. The van der Waals surface area contributed by atoms with Crippen LogP contribution in [0.5, 0.6) is 0 Å². The summed E-state index contributed by atoms with van der Waals surface area (Å²) in [5.74, 6) is -0.0477. The summed E-state index contributed by atoms with van der Waals surface area (Å²) in [6.45, 7) is 7.17. The highest BCUT2D eigenvalue weighted by molar-refractivity contribution is 8.01. The minimum atomic E-state index is -0.572. The first kappa shape index (κ1) is 22.5. The van der Waals surface area contributed by atoms with Crippen LogP contribution in [0.25, 0.3) is 0 Å². The van der Waals surface area contributed by atoms with Crippen LogP contribution in [0.3, 0.4) is 0 Å². The van der Waals surface area contributed by atoms with Crippen molar-refractivity contribution < 1.29 is 23.6 Å². The predicted octanol–water partition coefficient (Wildman–Crippen LogP) is 3.35. The average Bonchev–Trinajstić information content (AvgIpc) is 3.09. The molecule has 0 aliphatic carbocycles. The Balaban J connectivity index is 1.67. The van der Waals surface area contributed by atoms with Gasteiger partial charge in [-0.05, 0) is 37.5 Å². The Morgan fingerprint density at radius 2 is 1.83 bits per heavy atom. The van der Waals surface area contributed by atoms with Crippen molar-refractivity contribution in [3.05, 3.63) is 41.7 Å². The van der Waals surface area contributed by atoms with Gasteiger partial charge in [0.05, 0.1) is 11.0 Å². The van der Waals surface area contributed by atoms with E-state index in [1.54, 1.807) is 19.9 Å². The van der Waals surface area contributed by atoms with E-state index < -0.39 is 17.1 Å². The fourth-order valence-electron chi connectivity index (χ4n) is 2.26. The second-order valence-corrected chi connectivity index (χ2v) is 8.08. The summed E-state index contributed by atoms with van der Waals surface area (Å²) in [4.78, 5) is 35.8. The number of ether oxygens (including phenoxy) is 1. The van der Waals surface area contributed by atoms with Crippen LogP contribution in [0.1, 0.15) is 38.0 Å². The van der Waals surface area contributed by atoms with Gasteiger partial charge >= 0.3 is 5.97 Å². The Morgan fingerprint density at radius 1 is 1.14 bits per heavy atom. The van der Waals surface area contributed by atoms with Crippen molar-refractivity contribution in [2.75, 3.05) is 23.0 Å². The molecule has 0 bridgehead atoms. The number of nitrogens with zero attached hydrogens (tertiary/aromatic N) is 1. The molecule has 2 rings (SSSR count). The van der Waals surface area contributed by atoms with Crippen LogP contribution in [-0.4, -0.2) is 40.6 Å². The minimum absolute atomic E-state index is 0.0528. The van der Waals surface area contributed by atoms with Gasteiger partial charge in [-0.15, -0.1) is 11.8 Å². The summed E-state index contributed by atoms with van der Waals surface area (Å²) < 4.78 is 9.83. The molecule has 9 heteroatoms. The second kappa shape index (κ2) is 10.7. The predicted molar refractivity (Wildman–Crippen MR) is 112 cm³/mol. The molecular formula is C20H25N3O5S. The maximum atomic E-state index is 12.0. The number of benzene rings is 1. The molecule has 29 heavy (non-hydrogen) atoms. The van der Waals surface area contributed by atoms with E-state index >= 15 is 0 Å². The van der Waals surface area contributed by atoms with Crippen molar-refractivity contribution >= 4 is 41.1 Å². The van der Waals surface area contributed by atoms with Gasteiger partial charge < -0.3 is 19.9 Å². The van der Waals surface area contributed by atoms with Gasteiger partial charge in [-0.25, -0.2) is 0 Å². The number of amides is 2. The van der Waals surface area contributed by atoms with E-state index in [1.807, 2.05) is 24.3 Å². The van der Waals surface area contributed by atoms with Crippen LogP contribution in [0.15, 0.2) is 34.9 Å². The zero-order valence-electron chi connectivity index (χ0n) is 16.9. The number of anilines is 2. The fourth-order valence-corrected chi connectivity index (χ4v) is 2.94. The Hall–Kier alpha value is -2.81. The van der Waals surface area contributed by atoms with Gasteiger partial charge in [-0.1, -0.05) is 31.1 Å². The Kier molecular flexibility index (Phi) is 8.26. The maximum absolute atomic E-state index is 12.0. The Bertz CT molecular complexity index is 848. The molecule has 8 nitrogen and oxygen atoms in total. The van der Waals surface area contributed by atoms with E-state index in [0.717, 1.165) is 11.8 Å². The van der Waals surface area contributed by atoms with Crippen molar-refractivity contribution in [1.82, 2.24) is 5.16 Å². The maximum Gasteiger partial charge on any atom is 0.316 e. The van der Waals surface area contributed by atoms with Gasteiger partial charge in [0.1, 0.15) is 5.76 Å². The number of thioether (sulfide) groups is 1. The van der Waals surface area contributed by atoms with Crippen LogP contribution in [-0.2, 0) is 19.1 Å².